The van der Waals surface area contributed by atoms with E-state index in [4.69, 9.17) is 5.73 Å². The fourth-order valence-corrected chi connectivity index (χ4v) is 1.19. The Labute approximate surface area is 78.7 Å². The van der Waals surface area contributed by atoms with Crippen LogP contribution in [0.4, 0.5) is 0 Å². The molecule has 0 fully saturated rings. The summed E-state index contributed by atoms with van der Waals surface area (Å²) in [4.78, 5) is 11.1. The van der Waals surface area contributed by atoms with E-state index in [0.29, 0.717) is 6.42 Å². The average Bonchev–Trinajstić information content (AvgIpc) is 2.01. The molecule has 1 amide bonds. The zero-order valence-corrected chi connectivity index (χ0v) is 8.89. The highest BCUT2D eigenvalue weighted by Crippen LogP contribution is 1.97. The van der Waals surface area contributed by atoms with E-state index in [1.54, 1.807) is 6.92 Å². The summed E-state index contributed by atoms with van der Waals surface area (Å²) in [5.74, 6) is -0.642. The summed E-state index contributed by atoms with van der Waals surface area (Å²) < 4.78 is 24.3. The second-order valence-corrected chi connectivity index (χ2v) is 5.31. The fraction of sp³-hybridized carbons (Fsp3) is 0.857. The average molecular weight is 208 g/mol. The number of carbonyl (C=O) groups is 1. The van der Waals surface area contributed by atoms with Gasteiger partial charge in [-0.05, 0) is 20.3 Å². The van der Waals surface area contributed by atoms with Gasteiger partial charge in [-0.3, -0.25) is 9.52 Å². The molecule has 0 aromatic rings. The highest BCUT2D eigenvalue weighted by atomic mass is 32.2. The van der Waals surface area contributed by atoms with Gasteiger partial charge < -0.3 is 5.73 Å². The van der Waals surface area contributed by atoms with Gasteiger partial charge in [-0.2, -0.15) is 0 Å². The summed E-state index contributed by atoms with van der Waals surface area (Å²) in [6.45, 7) is 4.70. The number of amides is 1. The zero-order valence-electron chi connectivity index (χ0n) is 8.07. The summed E-state index contributed by atoms with van der Waals surface area (Å²) in [6, 6.07) is -0.756. The molecule has 0 saturated carbocycles. The van der Waals surface area contributed by atoms with Crippen molar-refractivity contribution in [2.45, 2.75) is 38.5 Å². The van der Waals surface area contributed by atoms with Gasteiger partial charge >= 0.3 is 0 Å². The molecule has 1 unspecified atom stereocenters. The lowest BCUT2D eigenvalue weighted by atomic mass is 10.2. The monoisotopic (exact) mass is 208 g/mol. The van der Waals surface area contributed by atoms with Crippen molar-refractivity contribution < 1.29 is 13.2 Å². The molecule has 0 bridgehead atoms. The highest BCUT2D eigenvalue weighted by molar-refractivity contribution is 7.90. The molecular formula is C7H16N2O3S. The molecule has 6 heteroatoms. The second-order valence-electron chi connectivity index (χ2n) is 3.07. The number of sulfonamides is 1. The third-order valence-corrected chi connectivity index (χ3v) is 3.37. The highest BCUT2D eigenvalue weighted by Gasteiger charge is 2.21. The maximum absolute atomic E-state index is 11.2. The lowest BCUT2D eigenvalue weighted by Crippen LogP contribution is -2.45. The van der Waals surface area contributed by atoms with E-state index in [1.165, 1.54) is 13.8 Å². The van der Waals surface area contributed by atoms with Gasteiger partial charge in [0.05, 0.1) is 11.3 Å². The Bertz CT molecular complexity index is 271. The first-order chi connectivity index (χ1) is 5.81. The number of carbonyl (C=O) groups excluding carboxylic acids is 1. The zero-order chi connectivity index (χ0) is 10.6. The van der Waals surface area contributed by atoms with Gasteiger partial charge in [0.25, 0.3) is 0 Å². The topological polar surface area (TPSA) is 89.3 Å². The van der Waals surface area contributed by atoms with Gasteiger partial charge in [0.2, 0.25) is 15.9 Å². The molecule has 0 aliphatic carbocycles. The van der Waals surface area contributed by atoms with Crippen molar-refractivity contribution >= 4 is 15.9 Å². The lowest BCUT2D eigenvalue weighted by Gasteiger charge is -2.12. The van der Waals surface area contributed by atoms with Crippen LogP contribution in [0.25, 0.3) is 0 Å². The van der Waals surface area contributed by atoms with Crippen molar-refractivity contribution in [1.82, 2.24) is 4.72 Å². The quantitative estimate of drug-likeness (QED) is 0.656. The van der Waals surface area contributed by atoms with Crippen LogP contribution in [-0.2, 0) is 14.8 Å². The Morgan fingerprint density at radius 1 is 1.46 bits per heavy atom. The largest absolute Gasteiger partial charge is 0.320 e. The Morgan fingerprint density at radius 2 is 1.92 bits per heavy atom. The summed E-state index contributed by atoms with van der Waals surface area (Å²) >= 11 is 0. The van der Waals surface area contributed by atoms with Crippen LogP contribution in [0, 0.1) is 0 Å². The van der Waals surface area contributed by atoms with E-state index < -0.39 is 27.2 Å². The molecule has 0 aromatic carbocycles. The van der Waals surface area contributed by atoms with E-state index in [1.807, 2.05) is 4.72 Å². The van der Waals surface area contributed by atoms with E-state index >= 15 is 0 Å². The van der Waals surface area contributed by atoms with Crippen molar-refractivity contribution in [3.05, 3.63) is 0 Å². The van der Waals surface area contributed by atoms with Gasteiger partial charge in [0.1, 0.15) is 0 Å². The van der Waals surface area contributed by atoms with E-state index in [-0.39, 0.29) is 0 Å². The minimum Gasteiger partial charge on any atom is -0.320 e. The molecule has 1 atom stereocenters. The van der Waals surface area contributed by atoms with Crippen LogP contribution in [0.3, 0.4) is 0 Å². The van der Waals surface area contributed by atoms with Gasteiger partial charge in [-0.1, -0.05) is 6.92 Å². The van der Waals surface area contributed by atoms with Crippen LogP contribution in [0.1, 0.15) is 27.2 Å². The van der Waals surface area contributed by atoms with Crippen LogP contribution in [0.15, 0.2) is 0 Å². The minimum absolute atomic E-state index is 0.416. The molecule has 0 aromatic heterocycles. The smallest absolute Gasteiger partial charge is 0.250 e. The van der Waals surface area contributed by atoms with Gasteiger partial charge in [0.15, 0.2) is 0 Å². The van der Waals surface area contributed by atoms with Crippen LogP contribution in [0.2, 0.25) is 0 Å². The van der Waals surface area contributed by atoms with Crippen molar-refractivity contribution in [2.24, 2.45) is 5.73 Å². The number of hydrogen-bond donors (Lipinski definition) is 2. The maximum Gasteiger partial charge on any atom is 0.250 e. The molecule has 0 aliphatic rings. The molecule has 3 N–H and O–H groups in total. The predicted molar refractivity (Wildman–Crippen MR) is 50.5 cm³/mol. The molecule has 0 saturated heterocycles. The molecule has 13 heavy (non-hydrogen) atoms. The summed E-state index contributed by atoms with van der Waals surface area (Å²) in [6.07, 6.45) is 0.416. The van der Waals surface area contributed by atoms with E-state index in [2.05, 4.69) is 0 Å². The Hall–Kier alpha value is -0.620. The van der Waals surface area contributed by atoms with Gasteiger partial charge in [-0.15, -0.1) is 0 Å². The van der Waals surface area contributed by atoms with E-state index in [9.17, 15) is 13.2 Å². The first-order valence-electron chi connectivity index (χ1n) is 4.12. The predicted octanol–water partition coefficient (Wildman–Crippen LogP) is -0.422. The van der Waals surface area contributed by atoms with Crippen molar-refractivity contribution in [3.8, 4) is 0 Å². The summed E-state index contributed by atoms with van der Waals surface area (Å²) in [5.41, 5.74) is 5.35. The minimum atomic E-state index is -3.53. The Morgan fingerprint density at radius 3 is 2.23 bits per heavy atom. The summed E-state index contributed by atoms with van der Waals surface area (Å²) in [7, 11) is -3.53. The third kappa shape index (κ3) is 3.73. The fourth-order valence-electron chi connectivity index (χ4n) is 0.519. The number of hydrogen-bond acceptors (Lipinski definition) is 4. The number of nitrogens with two attached hydrogens (primary N) is 1. The molecule has 0 spiro atoms. The maximum atomic E-state index is 11.2. The Kier molecular flexibility index (Phi) is 4.35. The van der Waals surface area contributed by atoms with Gasteiger partial charge in [0, 0.05) is 0 Å². The van der Waals surface area contributed by atoms with Crippen LogP contribution >= 0.6 is 0 Å². The summed E-state index contributed by atoms with van der Waals surface area (Å²) in [5, 5.41) is -0.625. The molecular weight excluding hydrogens is 192 g/mol. The van der Waals surface area contributed by atoms with Crippen LogP contribution < -0.4 is 10.5 Å². The molecule has 0 rings (SSSR count). The molecule has 0 aliphatic heterocycles. The van der Waals surface area contributed by atoms with Crippen LogP contribution in [-0.4, -0.2) is 25.6 Å². The molecule has 78 valence electrons. The second kappa shape index (κ2) is 4.57. The third-order valence-electron chi connectivity index (χ3n) is 1.64. The Balaban J connectivity index is 4.38. The first-order valence-corrected chi connectivity index (χ1v) is 5.67. The van der Waals surface area contributed by atoms with Crippen molar-refractivity contribution in [2.75, 3.05) is 0 Å². The van der Waals surface area contributed by atoms with Gasteiger partial charge in [-0.25, -0.2) is 8.42 Å². The SMILES string of the molecule is CCC(N)C(=O)NS(=O)(=O)C(C)C. The first kappa shape index (κ1) is 12.4. The number of nitrogens with one attached hydrogen (secondary N) is 1. The lowest BCUT2D eigenvalue weighted by molar-refractivity contribution is -0.120. The molecule has 0 heterocycles. The standard InChI is InChI=1S/C7H16N2O3S/c1-4-6(8)7(10)9-13(11,12)5(2)3/h5-6H,4,8H2,1-3H3,(H,9,10). The van der Waals surface area contributed by atoms with Crippen LogP contribution in [0.5, 0.6) is 0 Å². The normalized spacial score (nSPS) is 14.2. The number of rotatable bonds is 4. The van der Waals surface area contributed by atoms with E-state index in [0.717, 1.165) is 0 Å². The van der Waals surface area contributed by atoms with Crippen molar-refractivity contribution in [1.29, 1.82) is 0 Å². The molecule has 0 radical (unpaired) electrons. The van der Waals surface area contributed by atoms with Crippen molar-refractivity contribution in [3.63, 3.8) is 0 Å². The molecule has 5 nitrogen and oxygen atoms in total.